The third-order valence-electron chi connectivity index (χ3n) is 4.80. The average molecular weight is 246 g/mol. The van der Waals surface area contributed by atoms with Gasteiger partial charge in [-0.15, -0.1) is 0 Å². The average Bonchev–Trinajstić information content (AvgIpc) is 2.67. The van der Waals surface area contributed by atoms with Gasteiger partial charge in [-0.3, -0.25) is 4.79 Å². The third-order valence-corrected chi connectivity index (χ3v) is 4.80. The molecule has 0 aliphatic heterocycles. The Morgan fingerprint density at radius 2 is 1.78 bits per heavy atom. The van der Waals surface area contributed by atoms with Crippen LogP contribution in [-0.4, -0.2) is 11.9 Å². The Morgan fingerprint density at radius 1 is 1.22 bits per heavy atom. The summed E-state index contributed by atoms with van der Waals surface area (Å²) in [5.41, 5.74) is 7.56. The van der Waals surface area contributed by atoms with Gasteiger partial charge in [0.25, 0.3) is 0 Å². The van der Waals surface area contributed by atoms with Gasteiger partial charge in [-0.1, -0.05) is 45.9 Å². The molecule has 3 nitrogen and oxygen atoms in total. The van der Waals surface area contributed by atoms with Crippen molar-refractivity contribution in [3.63, 3.8) is 0 Å². The Labute approximate surface area is 109 Å². The lowest BCUT2D eigenvalue weighted by Crippen LogP contribution is -2.24. The van der Waals surface area contributed by atoms with E-state index in [1.165, 1.54) is 0 Å². The SMILES string of the molecule is CC1(C)C(NCc2ccccc2C(N)=O)C1(C)C. The molecule has 0 heterocycles. The number of amides is 1. The van der Waals surface area contributed by atoms with Crippen LogP contribution < -0.4 is 11.1 Å². The van der Waals surface area contributed by atoms with Gasteiger partial charge in [-0.25, -0.2) is 0 Å². The highest BCUT2D eigenvalue weighted by molar-refractivity contribution is 5.94. The summed E-state index contributed by atoms with van der Waals surface area (Å²) in [6, 6.07) is 7.99. The molecule has 0 radical (unpaired) electrons. The van der Waals surface area contributed by atoms with E-state index in [0.29, 0.717) is 29.0 Å². The molecule has 1 aliphatic carbocycles. The number of rotatable bonds is 4. The Kier molecular flexibility index (Phi) is 2.98. The van der Waals surface area contributed by atoms with Crippen LogP contribution in [0.4, 0.5) is 0 Å². The molecule has 18 heavy (non-hydrogen) atoms. The standard InChI is InChI=1S/C15H22N2O/c1-14(2)13(15(14,3)4)17-9-10-7-5-6-8-11(10)12(16)18/h5-8,13,17H,9H2,1-4H3,(H2,16,18). The maximum absolute atomic E-state index is 11.3. The first-order valence-electron chi connectivity index (χ1n) is 6.39. The van der Waals surface area contributed by atoms with E-state index in [1.54, 1.807) is 6.07 Å². The minimum absolute atomic E-state index is 0.300. The first-order valence-corrected chi connectivity index (χ1v) is 6.39. The summed E-state index contributed by atoms with van der Waals surface area (Å²) in [6.07, 6.45) is 0. The molecule has 2 rings (SSSR count). The van der Waals surface area contributed by atoms with Crippen molar-refractivity contribution in [1.29, 1.82) is 0 Å². The number of nitrogens with one attached hydrogen (secondary N) is 1. The molecule has 0 bridgehead atoms. The van der Waals surface area contributed by atoms with Crippen LogP contribution in [0.15, 0.2) is 24.3 Å². The summed E-state index contributed by atoms with van der Waals surface area (Å²) in [6.45, 7) is 9.77. The number of carbonyl (C=O) groups is 1. The molecule has 1 aliphatic rings. The van der Waals surface area contributed by atoms with E-state index >= 15 is 0 Å². The second-order valence-electron chi connectivity index (χ2n) is 6.28. The molecular weight excluding hydrogens is 224 g/mol. The van der Waals surface area contributed by atoms with Crippen LogP contribution in [0.1, 0.15) is 43.6 Å². The van der Waals surface area contributed by atoms with E-state index in [2.05, 4.69) is 33.0 Å². The minimum atomic E-state index is -0.360. The van der Waals surface area contributed by atoms with Crippen molar-refractivity contribution in [2.24, 2.45) is 16.6 Å². The maximum Gasteiger partial charge on any atom is 0.249 e. The highest BCUT2D eigenvalue weighted by Crippen LogP contribution is 2.62. The Morgan fingerprint density at radius 3 is 2.28 bits per heavy atom. The quantitative estimate of drug-likeness (QED) is 0.856. The van der Waals surface area contributed by atoms with Crippen molar-refractivity contribution in [2.45, 2.75) is 40.3 Å². The molecule has 0 aromatic heterocycles. The zero-order valence-electron chi connectivity index (χ0n) is 11.6. The van der Waals surface area contributed by atoms with E-state index in [1.807, 2.05) is 18.2 Å². The number of nitrogens with two attached hydrogens (primary N) is 1. The first-order chi connectivity index (χ1) is 8.28. The van der Waals surface area contributed by atoms with Crippen molar-refractivity contribution < 1.29 is 4.79 Å². The Hall–Kier alpha value is -1.35. The summed E-state index contributed by atoms with van der Waals surface area (Å²) in [5.74, 6) is -0.360. The minimum Gasteiger partial charge on any atom is -0.366 e. The van der Waals surface area contributed by atoms with Crippen LogP contribution in [0, 0.1) is 10.8 Å². The lowest BCUT2D eigenvalue weighted by Gasteiger charge is -2.09. The summed E-state index contributed by atoms with van der Waals surface area (Å²) >= 11 is 0. The van der Waals surface area contributed by atoms with Crippen LogP contribution in [0.25, 0.3) is 0 Å². The third kappa shape index (κ3) is 1.93. The molecule has 98 valence electrons. The van der Waals surface area contributed by atoms with Crippen molar-refractivity contribution in [2.75, 3.05) is 0 Å². The van der Waals surface area contributed by atoms with E-state index < -0.39 is 0 Å². The summed E-state index contributed by atoms with van der Waals surface area (Å²) in [7, 11) is 0. The number of hydrogen-bond donors (Lipinski definition) is 2. The van der Waals surface area contributed by atoms with Crippen molar-refractivity contribution in [3.8, 4) is 0 Å². The molecule has 3 heteroatoms. The molecule has 0 saturated heterocycles. The highest BCUT2D eigenvalue weighted by Gasteiger charge is 2.64. The van der Waals surface area contributed by atoms with Crippen LogP contribution in [0.2, 0.25) is 0 Å². The largest absolute Gasteiger partial charge is 0.366 e. The molecule has 3 N–H and O–H groups in total. The summed E-state index contributed by atoms with van der Waals surface area (Å²) < 4.78 is 0. The van der Waals surface area contributed by atoms with E-state index in [9.17, 15) is 4.79 Å². The van der Waals surface area contributed by atoms with Gasteiger partial charge in [0.1, 0.15) is 0 Å². The van der Waals surface area contributed by atoms with Gasteiger partial charge in [-0.2, -0.15) is 0 Å². The fourth-order valence-electron chi connectivity index (χ4n) is 2.83. The molecule has 1 fully saturated rings. The monoisotopic (exact) mass is 246 g/mol. The molecular formula is C15H22N2O. The zero-order chi connectivity index (χ0) is 13.6. The Balaban J connectivity index is 2.07. The van der Waals surface area contributed by atoms with E-state index in [-0.39, 0.29) is 5.91 Å². The first kappa shape index (κ1) is 13.1. The van der Waals surface area contributed by atoms with Crippen LogP contribution in [0.3, 0.4) is 0 Å². The van der Waals surface area contributed by atoms with Crippen molar-refractivity contribution in [1.82, 2.24) is 5.32 Å². The van der Waals surface area contributed by atoms with Crippen LogP contribution >= 0.6 is 0 Å². The van der Waals surface area contributed by atoms with Crippen LogP contribution in [0.5, 0.6) is 0 Å². The van der Waals surface area contributed by atoms with Gasteiger partial charge in [0.15, 0.2) is 0 Å². The molecule has 1 amide bonds. The van der Waals surface area contributed by atoms with Gasteiger partial charge in [-0.05, 0) is 22.5 Å². The zero-order valence-corrected chi connectivity index (χ0v) is 11.6. The van der Waals surface area contributed by atoms with E-state index in [0.717, 1.165) is 5.56 Å². The van der Waals surface area contributed by atoms with Gasteiger partial charge in [0.2, 0.25) is 5.91 Å². The molecule has 1 saturated carbocycles. The topological polar surface area (TPSA) is 55.1 Å². The number of carbonyl (C=O) groups excluding carboxylic acids is 1. The number of primary amides is 1. The predicted octanol–water partition coefficient (Wildman–Crippen LogP) is 2.31. The molecule has 0 unspecified atom stereocenters. The van der Waals surface area contributed by atoms with Crippen LogP contribution in [-0.2, 0) is 6.54 Å². The van der Waals surface area contributed by atoms with E-state index in [4.69, 9.17) is 5.73 Å². The highest BCUT2D eigenvalue weighted by atomic mass is 16.1. The van der Waals surface area contributed by atoms with Gasteiger partial charge in [0, 0.05) is 18.2 Å². The van der Waals surface area contributed by atoms with Gasteiger partial charge >= 0.3 is 0 Å². The van der Waals surface area contributed by atoms with Gasteiger partial charge in [0.05, 0.1) is 0 Å². The smallest absolute Gasteiger partial charge is 0.249 e. The second kappa shape index (κ2) is 4.09. The molecule has 0 atom stereocenters. The lowest BCUT2D eigenvalue weighted by atomic mass is 10.0. The van der Waals surface area contributed by atoms with Crippen molar-refractivity contribution in [3.05, 3.63) is 35.4 Å². The Bertz CT molecular complexity index is 463. The number of hydrogen-bond acceptors (Lipinski definition) is 2. The molecule has 0 spiro atoms. The fraction of sp³-hybridized carbons (Fsp3) is 0.533. The maximum atomic E-state index is 11.3. The second-order valence-corrected chi connectivity index (χ2v) is 6.28. The number of benzene rings is 1. The fourth-order valence-corrected chi connectivity index (χ4v) is 2.83. The van der Waals surface area contributed by atoms with Gasteiger partial charge < -0.3 is 11.1 Å². The molecule has 1 aromatic carbocycles. The van der Waals surface area contributed by atoms with Crippen molar-refractivity contribution >= 4 is 5.91 Å². The normalized spacial score (nSPS) is 20.7. The summed E-state index contributed by atoms with van der Waals surface area (Å²) in [5, 5.41) is 3.54. The lowest BCUT2D eigenvalue weighted by molar-refractivity contribution is 0.0999. The summed E-state index contributed by atoms with van der Waals surface area (Å²) in [4.78, 5) is 11.3. The predicted molar refractivity (Wildman–Crippen MR) is 73.1 cm³/mol. The molecule has 1 aromatic rings.